The molecule has 0 unspecified atom stereocenters. The van der Waals surface area contributed by atoms with Gasteiger partial charge in [-0.25, -0.2) is 14.4 Å². The number of hydrogen-bond donors (Lipinski definition) is 3. The molecule has 5 rings (SSSR count). The van der Waals surface area contributed by atoms with E-state index in [0.717, 1.165) is 33.9 Å². The molecule has 0 spiro atoms. The number of hydrogen-bond acceptors (Lipinski definition) is 5. The highest BCUT2D eigenvalue weighted by molar-refractivity contribution is 6.04. The Morgan fingerprint density at radius 1 is 0.971 bits per heavy atom. The third-order valence-corrected chi connectivity index (χ3v) is 5.08. The van der Waals surface area contributed by atoms with Crippen LogP contribution in [0.2, 0.25) is 0 Å². The first-order chi connectivity index (χ1) is 17.1. The number of rotatable bonds is 5. The van der Waals surface area contributed by atoms with Crippen LogP contribution in [0, 0.1) is 5.82 Å². The molecule has 0 bridgehead atoms. The predicted molar refractivity (Wildman–Crippen MR) is 135 cm³/mol. The summed E-state index contributed by atoms with van der Waals surface area (Å²) < 4.78 is 12.1. The van der Waals surface area contributed by atoms with Crippen molar-refractivity contribution in [2.24, 2.45) is 0 Å². The first kappa shape index (κ1) is 23.3. The lowest BCUT2D eigenvalue weighted by Crippen LogP contribution is -2.11. The number of aldehydes is 1. The van der Waals surface area contributed by atoms with E-state index >= 15 is 0 Å². The van der Waals surface area contributed by atoms with Crippen molar-refractivity contribution in [1.29, 1.82) is 0 Å². The fraction of sp³-hybridized carbons (Fsp3) is 0.0370. The Morgan fingerprint density at radius 2 is 1.69 bits per heavy atom. The second kappa shape index (κ2) is 10.8. The minimum absolute atomic E-state index is 0.132. The molecule has 2 aromatic heterocycles. The Balaban J connectivity index is 0.000000271. The summed E-state index contributed by atoms with van der Waals surface area (Å²) in [4.78, 5) is 34.3. The smallest absolute Gasteiger partial charge is 0.255 e. The molecule has 7 nitrogen and oxygen atoms in total. The minimum atomic E-state index is -0.319. The number of pyridine rings is 1. The van der Waals surface area contributed by atoms with Crippen LogP contribution in [0.4, 0.5) is 15.9 Å². The first-order valence-electron chi connectivity index (χ1n) is 10.8. The van der Waals surface area contributed by atoms with Crippen LogP contribution in [0.3, 0.4) is 0 Å². The van der Waals surface area contributed by atoms with E-state index in [9.17, 15) is 14.0 Å². The number of anilines is 2. The highest BCUT2D eigenvalue weighted by Gasteiger charge is 2.08. The van der Waals surface area contributed by atoms with Crippen LogP contribution in [0.1, 0.15) is 20.7 Å². The number of aromatic amines is 1. The highest BCUT2D eigenvalue weighted by atomic mass is 19.1. The van der Waals surface area contributed by atoms with Crippen molar-refractivity contribution in [1.82, 2.24) is 15.0 Å². The van der Waals surface area contributed by atoms with Crippen molar-refractivity contribution in [3.63, 3.8) is 0 Å². The molecule has 0 saturated carbocycles. The Kier molecular flexibility index (Phi) is 7.22. The molecule has 8 heteroatoms. The fourth-order valence-corrected chi connectivity index (χ4v) is 3.23. The number of benzene rings is 3. The van der Waals surface area contributed by atoms with E-state index in [1.54, 1.807) is 18.3 Å². The van der Waals surface area contributed by atoms with Crippen LogP contribution in [-0.4, -0.2) is 34.2 Å². The number of nitrogens with one attached hydrogen (secondary N) is 3. The second-order valence-electron chi connectivity index (χ2n) is 7.49. The Bertz CT molecular complexity index is 1430. The molecule has 0 fully saturated rings. The molecule has 3 aromatic carbocycles. The molecule has 0 atom stereocenters. The van der Waals surface area contributed by atoms with Crippen molar-refractivity contribution in [2.75, 3.05) is 17.7 Å². The molecule has 2 heterocycles. The number of carbonyl (C=O) groups excluding carboxylic acids is 2. The molecule has 1 amide bonds. The number of H-pyrrole nitrogens is 1. The molecule has 5 aromatic rings. The van der Waals surface area contributed by atoms with Gasteiger partial charge in [0.15, 0.2) is 0 Å². The van der Waals surface area contributed by atoms with Gasteiger partial charge in [0.25, 0.3) is 5.91 Å². The predicted octanol–water partition coefficient (Wildman–Crippen LogP) is 5.56. The zero-order valence-corrected chi connectivity index (χ0v) is 18.8. The maximum Gasteiger partial charge on any atom is 0.255 e. The molecular formula is C27H22FN5O2. The maximum atomic E-state index is 12.2. The number of carbonyl (C=O) groups is 2. The molecule has 0 aliphatic heterocycles. The van der Waals surface area contributed by atoms with E-state index < -0.39 is 0 Å². The van der Waals surface area contributed by atoms with Crippen molar-refractivity contribution < 1.29 is 14.0 Å². The number of halogens is 1. The summed E-state index contributed by atoms with van der Waals surface area (Å²) in [5.41, 5.74) is 4.52. The summed E-state index contributed by atoms with van der Waals surface area (Å²) in [6, 6.07) is 24.0. The monoisotopic (exact) mass is 467 g/mol. The molecular weight excluding hydrogens is 445 g/mol. The normalized spacial score (nSPS) is 10.2. The van der Waals surface area contributed by atoms with Gasteiger partial charge in [-0.1, -0.05) is 18.2 Å². The maximum absolute atomic E-state index is 12.2. The number of nitrogens with zero attached hydrogens (tertiary/aromatic N) is 2. The summed E-state index contributed by atoms with van der Waals surface area (Å²) in [5.74, 6) is 1.08. The molecule has 3 N–H and O–H groups in total. The van der Waals surface area contributed by atoms with Crippen LogP contribution in [0.25, 0.3) is 22.4 Å². The molecule has 0 saturated heterocycles. The number of fused-ring (bicyclic) bond motifs is 1. The van der Waals surface area contributed by atoms with E-state index in [4.69, 9.17) is 0 Å². The summed E-state index contributed by atoms with van der Waals surface area (Å²) in [7, 11) is 1.82. The molecule has 35 heavy (non-hydrogen) atoms. The van der Waals surface area contributed by atoms with E-state index in [1.165, 1.54) is 24.3 Å². The quantitative estimate of drug-likeness (QED) is 0.294. The third kappa shape index (κ3) is 5.94. The van der Waals surface area contributed by atoms with Gasteiger partial charge < -0.3 is 15.6 Å². The summed E-state index contributed by atoms with van der Waals surface area (Å²) >= 11 is 0. The SMILES string of the molecule is CNc1cc2nc(-c3ccc(NC(=O)c4ccccc4)cc3)[nH]c2cn1.O=Cc1ccc(F)cc1. The second-order valence-corrected chi connectivity index (χ2v) is 7.49. The van der Waals surface area contributed by atoms with E-state index in [1.807, 2.05) is 55.6 Å². The zero-order chi connectivity index (χ0) is 24.6. The van der Waals surface area contributed by atoms with Crippen LogP contribution >= 0.6 is 0 Å². The standard InChI is InChI=1S/C20H17N5O.C7H5FO/c1-21-18-11-16-17(12-22-18)25-19(24-16)13-7-9-15(10-8-13)23-20(26)14-5-3-2-4-6-14;8-7-3-1-6(5-9)2-4-7/h2-12H,1H3,(H,21,22)(H,23,26)(H,24,25);1-5H. The van der Waals surface area contributed by atoms with Crippen molar-refractivity contribution in [3.05, 3.63) is 108 Å². The number of aromatic nitrogens is 3. The van der Waals surface area contributed by atoms with Gasteiger partial charge in [0, 0.05) is 35.5 Å². The van der Waals surface area contributed by atoms with Crippen LogP contribution in [0.15, 0.2) is 91.1 Å². The number of imidazole rings is 1. The Morgan fingerprint density at radius 3 is 2.34 bits per heavy atom. The molecule has 174 valence electrons. The lowest BCUT2D eigenvalue weighted by atomic mass is 10.1. The average Bonchev–Trinajstić information content (AvgIpc) is 3.34. The lowest BCUT2D eigenvalue weighted by molar-refractivity contribution is 0.102. The largest absolute Gasteiger partial charge is 0.373 e. The number of amides is 1. The van der Waals surface area contributed by atoms with E-state index in [0.29, 0.717) is 17.4 Å². The lowest BCUT2D eigenvalue weighted by Gasteiger charge is -2.05. The molecule has 0 aliphatic carbocycles. The zero-order valence-electron chi connectivity index (χ0n) is 18.8. The minimum Gasteiger partial charge on any atom is -0.373 e. The topological polar surface area (TPSA) is 99.8 Å². The Hall–Kier alpha value is -4.85. The Labute approximate surface area is 201 Å². The highest BCUT2D eigenvalue weighted by Crippen LogP contribution is 2.23. The van der Waals surface area contributed by atoms with Gasteiger partial charge in [-0.15, -0.1) is 0 Å². The van der Waals surface area contributed by atoms with Gasteiger partial charge in [-0.2, -0.15) is 0 Å². The van der Waals surface area contributed by atoms with Crippen LogP contribution in [0.5, 0.6) is 0 Å². The van der Waals surface area contributed by atoms with Crippen LogP contribution in [-0.2, 0) is 0 Å². The van der Waals surface area contributed by atoms with Crippen molar-refractivity contribution in [2.45, 2.75) is 0 Å². The summed E-state index contributed by atoms with van der Waals surface area (Å²) in [6.07, 6.45) is 2.44. The fourth-order valence-electron chi connectivity index (χ4n) is 3.23. The summed E-state index contributed by atoms with van der Waals surface area (Å²) in [5, 5.41) is 5.89. The van der Waals surface area contributed by atoms with Crippen molar-refractivity contribution >= 4 is 34.7 Å². The van der Waals surface area contributed by atoms with E-state index in [-0.39, 0.29) is 11.7 Å². The van der Waals surface area contributed by atoms with Gasteiger partial charge in [-0.05, 0) is 60.7 Å². The van der Waals surface area contributed by atoms with Crippen LogP contribution < -0.4 is 10.6 Å². The molecule has 0 aliphatic rings. The van der Waals surface area contributed by atoms with Gasteiger partial charge in [-0.3, -0.25) is 9.59 Å². The van der Waals surface area contributed by atoms with Crippen molar-refractivity contribution in [3.8, 4) is 11.4 Å². The summed E-state index contributed by atoms with van der Waals surface area (Å²) in [6.45, 7) is 0. The van der Waals surface area contributed by atoms with Gasteiger partial charge in [0.05, 0.1) is 17.2 Å². The first-order valence-corrected chi connectivity index (χ1v) is 10.8. The van der Waals surface area contributed by atoms with Gasteiger partial charge >= 0.3 is 0 Å². The van der Waals surface area contributed by atoms with Gasteiger partial charge in [0.1, 0.15) is 23.7 Å². The average molecular weight is 468 g/mol. The third-order valence-electron chi connectivity index (χ3n) is 5.08. The molecule has 0 radical (unpaired) electrons. The van der Waals surface area contributed by atoms with E-state index in [2.05, 4.69) is 25.6 Å². The van der Waals surface area contributed by atoms with Gasteiger partial charge in [0.2, 0.25) is 0 Å².